The number of hydrogen-bond donors (Lipinski definition) is 0. The molecule has 0 saturated carbocycles. The lowest BCUT2D eigenvalue weighted by Gasteiger charge is -2.29. The molecule has 2 nitrogen and oxygen atoms in total. The van der Waals surface area contributed by atoms with Gasteiger partial charge >= 0.3 is 0 Å². The van der Waals surface area contributed by atoms with E-state index < -0.39 is 0 Å². The summed E-state index contributed by atoms with van der Waals surface area (Å²) in [7, 11) is 6.78. The molecule has 0 unspecified atom stereocenters. The molecule has 44 heavy (non-hydrogen) atoms. The Morgan fingerprint density at radius 1 is 0.386 bits per heavy atom. The molecule has 0 aliphatic carbocycles. The summed E-state index contributed by atoms with van der Waals surface area (Å²) < 4.78 is 0. The van der Waals surface area contributed by atoms with Crippen LogP contribution in [0.3, 0.4) is 0 Å². The van der Waals surface area contributed by atoms with Crippen LogP contribution in [0.2, 0.25) is 0 Å². The molecular weight excluding hydrogens is 532 g/mol. The van der Waals surface area contributed by atoms with Gasteiger partial charge in [0, 0.05) is 19.1 Å². The lowest BCUT2D eigenvalue weighted by atomic mass is 9.98. The first-order chi connectivity index (χ1) is 21.6. The van der Waals surface area contributed by atoms with Gasteiger partial charge in [-0.05, 0) is 98.2 Å². The minimum atomic E-state index is 0.770. The van der Waals surface area contributed by atoms with Gasteiger partial charge in [0.15, 0.2) is 0 Å². The second-order valence-corrected chi connectivity index (χ2v) is 13.7. The van der Waals surface area contributed by atoms with Gasteiger partial charge in [0.2, 0.25) is 0 Å². The first kappa shape index (κ1) is 42.9. The Hall–Kier alpha value is -1.12. The van der Waals surface area contributed by atoms with E-state index in [9.17, 15) is 0 Å². The normalized spacial score (nSPS) is 13.3. The van der Waals surface area contributed by atoms with Crippen LogP contribution < -0.4 is 0 Å². The monoisotopic (exact) mass is 613 g/mol. The third-order valence-corrected chi connectivity index (χ3v) is 9.00. The molecule has 0 radical (unpaired) electrons. The van der Waals surface area contributed by atoms with Gasteiger partial charge in [0.05, 0.1) is 0 Å². The summed E-state index contributed by atoms with van der Waals surface area (Å²) in [5, 5.41) is 0. The van der Waals surface area contributed by atoms with Crippen molar-refractivity contribution in [3.05, 3.63) is 48.6 Å². The van der Waals surface area contributed by atoms with Crippen LogP contribution in [0.25, 0.3) is 0 Å². The van der Waals surface area contributed by atoms with Crippen LogP contribution in [-0.2, 0) is 0 Å². The van der Waals surface area contributed by atoms with Gasteiger partial charge in [-0.3, -0.25) is 0 Å². The zero-order chi connectivity index (χ0) is 32.2. The minimum absolute atomic E-state index is 0.770. The van der Waals surface area contributed by atoms with E-state index in [1.165, 1.54) is 167 Å². The number of allylic oxidation sites excluding steroid dienone is 8. The summed E-state index contributed by atoms with van der Waals surface area (Å²) in [4.78, 5) is 4.99. The van der Waals surface area contributed by atoms with E-state index in [1.54, 1.807) is 0 Å². The maximum Gasteiger partial charge on any atom is 0.0109 e. The van der Waals surface area contributed by atoms with Crippen LogP contribution in [0.5, 0.6) is 0 Å². The van der Waals surface area contributed by atoms with Gasteiger partial charge in [-0.15, -0.1) is 0 Å². The fourth-order valence-corrected chi connectivity index (χ4v) is 5.86. The highest BCUT2D eigenvalue weighted by atomic mass is 15.2. The van der Waals surface area contributed by atoms with E-state index in [1.807, 2.05) is 0 Å². The fourth-order valence-electron chi connectivity index (χ4n) is 5.86. The molecule has 0 fully saturated rings. The quantitative estimate of drug-likeness (QED) is 0.0527. The molecule has 0 aromatic rings. The summed E-state index contributed by atoms with van der Waals surface area (Å²) in [6.07, 6.45) is 53.9. The van der Waals surface area contributed by atoms with Gasteiger partial charge in [-0.1, -0.05) is 152 Å². The number of unbranched alkanes of at least 4 members (excludes halogenated alkanes) is 18. The van der Waals surface area contributed by atoms with Crippen molar-refractivity contribution in [2.24, 2.45) is 0 Å². The zero-order valence-electron chi connectivity index (χ0n) is 30.9. The predicted octanol–water partition coefficient (Wildman–Crippen LogP) is 13.3. The summed E-state index contributed by atoms with van der Waals surface area (Å²) in [5.41, 5.74) is 0. The summed E-state index contributed by atoms with van der Waals surface area (Å²) >= 11 is 0. The van der Waals surface area contributed by atoms with Gasteiger partial charge in [0.25, 0.3) is 0 Å². The Bertz CT molecular complexity index is 611. The van der Waals surface area contributed by atoms with Crippen LogP contribution in [0.4, 0.5) is 0 Å². The number of rotatable bonds is 34. The first-order valence-corrected chi connectivity index (χ1v) is 19.6. The molecule has 0 N–H and O–H groups in total. The lowest BCUT2D eigenvalue weighted by molar-refractivity contribution is 0.191. The van der Waals surface area contributed by atoms with Crippen LogP contribution in [0, 0.1) is 0 Å². The number of hydrogen-bond acceptors (Lipinski definition) is 2. The van der Waals surface area contributed by atoms with Crippen molar-refractivity contribution in [1.29, 1.82) is 0 Å². The summed E-state index contributed by atoms with van der Waals surface area (Å²) in [5.74, 6) is 0. The summed E-state index contributed by atoms with van der Waals surface area (Å²) in [6.45, 7) is 6.91. The molecule has 0 atom stereocenters. The van der Waals surface area contributed by atoms with E-state index in [4.69, 9.17) is 0 Å². The Morgan fingerprint density at radius 2 is 0.727 bits per heavy atom. The summed E-state index contributed by atoms with van der Waals surface area (Å²) in [6, 6.07) is 0.770. The number of nitrogens with zero attached hydrogens (tertiary/aromatic N) is 2. The average molecular weight is 613 g/mol. The van der Waals surface area contributed by atoms with Crippen molar-refractivity contribution in [2.75, 3.05) is 34.2 Å². The molecule has 0 heterocycles. The van der Waals surface area contributed by atoms with Crippen molar-refractivity contribution < 1.29 is 0 Å². The predicted molar refractivity (Wildman–Crippen MR) is 203 cm³/mol. The Morgan fingerprint density at radius 3 is 1.09 bits per heavy atom. The zero-order valence-corrected chi connectivity index (χ0v) is 30.9. The molecule has 258 valence electrons. The molecule has 0 saturated heterocycles. The van der Waals surface area contributed by atoms with Crippen LogP contribution in [0.15, 0.2) is 48.6 Å². The highest BCUT2D eigenvalue weighted by molar-refractivity contribution is 4.93. The van der Waals surface area contributed by atoms with Crippen molar-refractivity contribution in [1.82, 2.24) is 9.80 Å². The molecule has 0 rings (SSSR count). The van der Waals surface area contributed by atoms with E-state index in [2.05, 4.69) is 93.4 Å². The van der Waals surface area contributed by atoms with Crippen molar-refractivity contribution >= 4 is 0 Å². The van der Waals surface area contributed by atoms with Crippen molar-refractivity contribution in [3.63, 3.8) is 0 Å². The van der Waals surface area contributed by atoms with Crippen LogP contribution in [-0.4, -0.2) is 50.1 Å². The first-order valence-electron chi connectivity index (χ1n) is 19.6. The van der Waals surface area contributed by atoms with Gasteiger partial charge in [-0.25, -0.2) is 0 Å². The van der Waals surface area contributed by atoms with E-state index in [0.29, 0.717) is 0 Å². The molecule has 2 heteroatoms. The molecular formula is C42H80N2. The van der Waals surface area contributed by atoms with Crippen LogP contribution >= 0.6 is 0 Å². The smallest absolute Gasteiger partial charge is 0.0109 e. The SMILES string of the molecule is CCCCCC=CCC=CCCCCCCCCC(CCCCCCCCC=CCC=CCCCCC)N(C)CCN(C)C. The molecule has 0 bridgehead atoms. The fraction of sp³-hybridized carbons (Fsp3) is 0.810. The molecule has 0 aliphatic rings. The third kappa shape index (κ3) is 33.8. The molecule has 0 aromatic carbocycles. The topological polar surface area (TPSA) is 6.48 Å². The lowest BCUT2D eigenvalue weighted by Crippen LogP contribution is -2.36. The maximum absolute atomic E-state index is 2.67. The van der Waals surface area contributed by atoms with E-state index in [-0.39, 0.29) is 0 Å². The van der Waals surface area contributed by atoms with Gasteiger partial charge in [-0.2, -0.15) is 0 Å². The Kier molecular flexibility index (Phi) is 35.4. The molecule has 0 amide bonds. The van der Waals surface area contributed by atoms with Crippen molar-refractivity contribution in [2.45, 2.75) is 187 Å². The number of likely N-dealkylation sites (N-methyl/N-ethyl adjacent to an activating group) is 2. The third-order valence-electron chi connectivity index (χ3n) is 9.00. The van der Waals surface area contributed by atoms with Gasteiger partial charge < -0.3 is 9.80 Å². The molecule has 0 aliphatic heterocycles. The second kappa shape index (κ2) is 36.3. The van der Waals surface area contributed by atoms with Crippen LogP contribution in [0.1, 0.15) is 181 Å². The highest BCUT2D eigenvalue weighted by Gasteiger charge is 2.14. The van der Waals surface area contributed by atoms with Gasteiger partial charge in [0.1, 0.15) is 0 Å². The maximum atomic E-state index is 2.67. The van der Waals surface area contributed by atoms with Crippen molar-refractivity contribution in [3.8, 4) is 0 Å². The standard InChI is InChI=1S/C42H80N2/c1-6-8-10-12-14-16-18-20-22-24-26-28-30-32-34-36-38-42(44(5)41-40-43(3)4)39-37-35-33-31-29-27-25-23-21-19-17-15-13-11-9-7-2/h14-17,20-23,42H,6-13,18-19,24-41H2,1-5H3. The Balaban J connectivity index is 3.90. The molecule has 0 spiro atoms. The van der Waals surface area contributed by atoms with E-state index >= 15 is 0 Å². The highest BCUT2D eigenvalue weighted by Crippen LogP contribution is 2.18. The largest absolute Gasteiger partial charge is 0.308 e. The minimum Gasteiger partial charge on any atom is -0.308 e. The van der Waals surface area contributed by atoms with E-state index in [0.717, 1.165) is 18.9 Å². The Labute approximate surface area is 278 Å². The average Bonchev–Trinajstić information content (AvgIpc) is 3.02. The second-order valence-electron chi connectivity index (χ2n) is 13.7. The molecule has 0 aromatic heterocycles.